The Hall–Kier alpha value is -4.49. The van der Waals surface area contributed by atoms with E-state index in [0.717, 1.165) is 22.2 Å². The summed E-state index contributed by atoms with van der Waals surface area (Å²) in [6, 6.07) is 16.5. The van der Waals surface area contributed by atoms with Crippen molar-refractivity contribution in [3.05, 3.63) is 65.9 Å². The first-order valence-electron chi connectivity index (χ1n) is 14.7. The van der Waals surface area contributed by atoms with Crippen molar-refractivity contribution in [3.63, 3.8) is 0 Å². The van der Waals surface area contributed by atoms with Crippen LogP contribution in [0.1, 0.15) is 31.5 Å². The van der Waals surface area contributed by atoms with Crippen LogP contribution < -0.4 is 10.2 Å². The number of aryl methyl sites for hydroxylation is 1. The summed E-state index contributed by atoms with van der Waals surface area (Å²) < 4.78 is 95.9. The summed E-state index contributed by atoms with van der Waals surface area (Å²) in [7, 11) is -3.65. The third-order valence-corrected chi connectivity index (χ3v) is 9.23. The van der Waals surface area contributed by atoms with Gasteiger partial charge in [-0.3, -0.25) is 15.0 Å². The van der Waals surface area contributed by atoms with Crippen LogP contribution in [0.15, 0.2) is 59.5 Å². The Kier molecular flexibility index (Phi) is 14.5. The SMILES string of the molecule is Cc1cc(COc2ccc(S(=O)(=O)C[C@@H]3CN(C(C)C)CC[C@@H]3C(=O)NO)cc2)c2ccccc2n1.O=C(O)C(F)(F)F.O=C(O)C(F)(F)F. The first-order chi connectivity index (χ1) is 23.1. The number of carboxylic acid groups (broad SMARTS) is 2. The van der Waals surface area contributed by atoms with Gasteiger partial charge in [-0.05, 0) is 76.1 Å². The van der Waals surface area contributed by atoms with Crippen LogP contribution >= 0.6 is 0 Å². The van der Waals surface area contributed by atoms with Crippen molar-refractivity contribution in [3.8, 4) is 5.75 Å². The lowest BCUT2D eigenvalue weighted by Crippen LogP contribution is -2.50. The zero-order chi connectivity index (χ0) is 38.0. The number of pyridine rings is 1. The monoisotopic (exact) mass is 739 g/mol. The second-order valence-electron chi connectivity index (χ2n) is 11.3. The zero-order valence-corrected chi connectivity index (χ0v) is 27.6. The number of carboxylic acids is 2. The van der Waals surface area contributed by atoms with E-state index in [-0.39, 0.29) is 16.7 Å². The van der Waals surface area contributed by atoms with Gasteiger partial charge in [-0.15, -0.1) is 0 Å². The van der Waals surface area contributed by atoms with E-state index >= 15 is 0 Å². The highest BCUT2D eigenvalue weighted by atomic mass is 32.2. The van der Waals surface area contributed by atoms with Crippen LogP contribution in [0.2, 0.25) is 0 Å². The lowest BCUT2D eigenvalue weighted by molar-refractivity contribution is -0.193. The fourth-order valence-electron chi connectivity index (χ4n) is 4.92. The van der Waals surface area contributed by atoms with Crippen molar-refractivity contribution in [1.82, 2.24) is 15.4 Å². The number of piperidine rings is 1. The van der Waals surface area contributed by atoms with Crippen molar-refractivity contribution in [2.45, 2.75) is 57.1 Å². The van der Waals surface area contributed by atoms with E-state index in [0.29, 0.717) is 31.9 Å². The third kappa shape index (κ3) is 12.4. The number of hydroxylamine groups is 1. The van der Waals surface area contributed by atoms with E-state index in [4.69, 9.17) is 29.7 Å². The van der Waals surface area contributed by atoms with Crippen molar-refractivity contribution >= 4 is 38.6 Å². The molecule has 2 heterocycles. The van der Waals surface area contributed by atoms with Gasteiger partial charge in [0, 0.05) is 35.1 Å². The standard InChI is InChI=1S/C27H33N3O5S.2C2HF3O2/c1-18(2)30-13-12-25(27(31)29-32)21(15-30)17-36(33,34)23-10-8-22(9-11-23)35-16-20-14-19(3)28-26-7-5-4-6-24(20)26;2*3-2(4,5)1(6)7/h4-11,14,18,21,25,32H,12-13,15-17H2,1-3H3,(H,29,31);2*(H,6,7)/t21-,25-;;/m0../s1. The molecule has 1 aliphatic heterocycles. The molecule has 12 nitrogen and oxygen atoms in total. The molecule has 0 aliphatic carbocycles. The fourth-order valence-corrected chi connectivity index (χ4v) is 6.57. The number of para-hydroxylation sites is 1. The summed E-state index contributed by atoms with van der Waals surface area (Å²) >= 11 is 0. The summed E-state index contributed by atoms with van der Waals surface area (Å²) in [4.78, 5) is 36.9. The van der Waals surface area contributed by atoms with Crippen LogP contribution in [0.5, 0.6) is 5.75 Å². The second-order valence-corrected chi connectivity index (χ2v) is 13.3. The minimum absolute atomic E-state index is 0.170. The van der Waals surface area contributed by atoms with E-state index in [1.54, 1.807) is 29.7 Å². The van der Waals surface area contributed by atoms with Gasteiger partial charge in [0.25, 0.3) is 0 Å². The number of nitrogens with zero attached hydrogens (tertiary/aromatic N) is 2. The number of fused-ring (bicyclic) bond motifs is 1. The highest BCUT2D eigenvalue weighted by Crippen LogP contribution is 2.29. The van der Waals surface area contributed by atoms with Gasteiger partial charge >= 0.3 is 24.3 Å². The summed E-state index contributed by atoms with van der Waals surface area (Å²) in [5.74, 6) is -6.62. The average Bonchev–Trinajstić information content (AvgIpc) is 3.02. The molecular formula is C31H35F6N3O9S. The number of ether oxygens (including phenoxy) is 1. The fraction of sp³-hybridized carbons (Fsp3) is 0.419. The highest BCUT2D eigenvalue weighted by Gasteiger charge is 2.39. The van der Waals surface area contributed by atoms with Crippen LogP contribution in [0.3, 0.4) is 0 Å². The Morgan fingerprint density at radius 1 is 0.980 bits per heavy atom. The number of carbonyl (C=O) groups excluding carboxylic acids is 1. The van der Waals surface area contributed by atoms with E-state index in [1.807, 2.05) is 51.1 Å². The molecule has 19 heteroatoms. The minimum atomic E-state index is -5.08. The van der Waals surface area contributed by atoms with Crippen LogP contribution in [0.4, 0.5) is 26.3 Å². The molecule has 276 valence electrons. The topological polar surface area (TPSA) is 183 Å². The molecule has 2 atom stereocenters. The number of aliphatic carboxylic acids is 2. The molecule has 3 aromatic rings. The lowest BCUT2D eigenvalue weighted by Gasteiger charge is -2.39. The number of benzene rings is 2. The predicted molar refractivity (Wildman–Crippen MR) is 165 cm³/mol. The van der Waals surface area contributed by atoms with Crippen molar-refractivity contribution < 1.29 is 69.3 Å². The van der Waals surface area contributed by atoms with Crippen molar-refractivity contribution in [2.75, 3.05) is 18.8 Å². The number of rotatable bonds is 8. The molecule has 1 aliphatic rings. The first kappa shape index (κ1) is 41.7. The normalized spacial score (nSPS) is 16.8. The number of likely N-dealkylation sites (tertiary alicyclic amines) is 1. The highest BCUT2D eigenvalue weighted by molar-refractivity contribution is 7.91. The Bertz CT molecular complexity index is 1710. The van der Waals surface area contributed by atoms with Crippen LogP contribution in [0.25, 0.3) is 10.9 Å². The molecular weight excluding hydrogens is 704 g/mol. The van der Waals surface area contributed by atoms with Crippen molar-refractivity contribution in [2.24, 2.45) is 11.8 Å². The summed E-state index contributed by atoms with van der Waals surface area (Å²) in [6.07, 6.45) is -9.67. The molecule has 4 rings (SSSR count). The van der Waals surface area contributed by atoms with Gasteiger partial charge < -0.3 is 19.8 Å². The minimum Gasteiger partial charge on any atom is -0.489 e. The first-order valence-corrected chi connectivity index (χ1v) is 16.3. The zero-order valence-electron chi connectivity index (χ0n) is 26.8. The largest absolute Gasteiger partial charge is 0.490 e. The van der Waals surface area contributed by atoms with Crippen molar-refractivity contribution in [1.29, 1.82) is 0 Å². The number of carbonyl (C=O) groups is 3. The van der Waals surface area contributed by atoms with Gasteiger partial charge in [0.2, 0.25) is 5.91 Å². The number of hydrogen-bond acceptors (Lipinski definition) is 9. The molecule has 1 amide bonds. The molecule has 2 aromatic carbocycles. The van der Waals surface area contributed by atoms with E-state index in [2.05, 4.69) is 9.88 Å². The number of nitrogens with one attached hydrogen (secondary N) is 1. The van der Waals surface area contributed by atoms with Gasteiger partial charge in [-0.2, -0.15) is 26.3 Å². The summed E-state index contributed by atoms with van der Waals surface area (Å²) in [5, 5.41) is 24.4. The number of hydrogen-bond donors (Lipinski definition) is 4. The molecule has 0 saturated carbocycles. The number of alkyl halides is 6. The second kappa shape index (κ2) is 17.4. The van der Waals surface area contributed by atoms with E-state index in [1.165, 1.54) is 0 Å². The molecule has 1 saturated heterocycles. The van der Waals surface area contributed by atoms with Gasteiger partial charge in [-0.25, -0.2) is 23.5 Å². The van der Waals surface area contributed by atoms with Crippen LogP contribution in [0, 0.1) is 18.8 Å². The predicted octanol–water partition coefficient (Wildman–Crippen LogP) is 5.01. The molecule has 0 radical (unpaired) electrons. The van der Waals surface area contributed by atoms with Gasteiger partial charge in [0.1, 0.15) is 12.4 Å². The maximum atomic E-state index is 13.2. The average molecular weight is 740 g/mol. The number of halogens is 6. The molecule has 0 unspecified atom stereocenters. The molecule has 4 N–H and O–H groups in total. The molecule has 0 bridgehead atoms. The number of aromatic nitrogens is 1. The maximum Gasteiger partial charge on any atom is 0.490 e. The van der Waals surface area contributed by atoms with Crippen LogP contribution in [-0.2, 0) is 30.8 Å². The Morgan fingerprint density at radius 2 is 1.52 bits per heavy atom. The molecule has 1 fully saturated rings. The van der Waals surface area contributed by atoms with E-state index in [9.17, 15) is 39.6 Å². The Labute approximate surface area is 282 Å². The Morgan fingerprint density at radius 3 is 2.02 bits per heavy atom. The van der Waals surface area contributed by atoms with Gasteiger partial charge in [0.15, 0.2) is 9.84 Å². The van der Waals surface area contributed by atoms with Gasteiger partial charge in [0.05, 0.1) is 16.2 Å². The smallest absolute Gasteiger partial charge is 0.489 e. The summed E-state index contributed by atoms with van der Waals surface area (Å²) in [6.45, 7) is 7.54. The number of sulfone groups is 1. The number of amides is 1. The molecule has 50 heavy (non-hydrogen) atoms. The molecule has 0 spiro atoms. The third-order valence-electron chi connectivity index (χ3n) is 7.37. The maximum absolute atomic E-state index is 13.2. The summed E-state index contributed by atoms with van der Waals surface area (Å²) in [5.41, 5.74) is 4.53. The van der Waals surface area contributed by atoms with Gasteiger partial charge in [-0.1, -0.05) is 18.2 Å². The quantitative estimate of drug-likeness (QED) is 0.138. The lowest BCUT2D eigenvalue weighted by atomic mass is 9.85. The van der Waals surface area contributed by atoms with E-state index < -0.39 is 51.9 Å². The molecule has 1 aromatic heterocycles. The Balaban J connectivity index is 0.000000521. The van der Waals surface area contributed by atoms with Crippen LogP contribution in [-0.4, -0.2) is 88.8 Å².